The molecule has 0 N–H and O–H groups in total. The van der Waals surface area contributed by atoms with E-state index in [1.807, 2.05) is 0 Å². The molecule has 1 rings (SSSR count). The highest BCUT2D eigenvalue weighted by Gasteiger charge is 2.40. The second kappa shape index (κ2) is 6.28. The molecule has 0 atom stereocenters. The highest BCUT2D eigenvalue weighted by Crippen LogP contribution is 2.38. The number of rotatable bonds is 4. The quantitative estimate of drug-likeness (QED) is 0.626. The molecule has 0 bridgehead atoms. The smallest absolute Gasteiger partial charge is 0.494 e. The number of aromatic nitrogens is 1. The Morgan fingerprint density at radius 3 is 2.18 bits per heavy atom. The van der Waals surface area contributed by atoms with Gasteiger partial charge in [-0.05, 0) is 6.07 Å². The molecule has 0 aromatic carbocycles. The van der Waals surface area contributed by atoms with E-state index in [2.05, 4.69) is 19.2 Å². The van der Waals surface area contributed by atoms with Crippen molar-refractivity contribution < 1.29 is 45.3 Å². The van der Waals surface area contributed by atoms with Crippen LogP contribution in [0.15, 0.2) is 6.07 Å². The number of carbonyl (C=O) groups is 1. The van der Waals surface area contributed by atoms with Crippen molar-refractivity contribution in [3.05, 3.63) is 17.3 Å². The number of hydrogen-bond acceptors (Lipinski definition) is 5. The van der Waals surface area contributed by atoms with E-state index in [9.17, 15) is 31.1 Å². The molecule has 0 aliphatic carbocycles. The third-order valence-electron chi connectivity index (χ3n) is 2.29. The van der Waals surface area contributed by atoms with Crippen molar-refractivity contribution in [3.8, 4) is 11.6 Å². The Morgan fingerprint density at radius 2 is 1.77 bits per heavy atom. The summed E-state index contributed by atoms with van der Waals surface area (Å²) in [5.74, 6) is -3.23. The molecule has 0 saturated heterocycles. The summed E-state index contributed by atoms with van der Waals surface area (Å²) < 4.78 is 87.1. The molecule has 22 heavy (non-hydrogen) atoms. The Labute approximate surface area is 119 Å². The molecule has 0 aliphatic heterocycles. The number of halogens is 6. The molecule has 0 fully saturated rings. The van der Waals surface area contributed by atoms with Crippen LogP contribution in [0.5, 0.6) is 11.6 Å². The van der Waals surface area contributed by atoms with Crippen LogP contribution in [0.1, 0.15) is 11.3 Å². The molecular formula is C11H9F6NO4. The van der Waals surface area contributed by atoms with Crippen molar-refractivity contribution >= 4 is 5.97 Å². The van der Waals surface area contributed by atoms with Crippen LogP contribution >= 0.6 is 0 Å². The van der Waals surface area contributed by atoms with Gasteiger partial charge in [0.05, 0.1) is 20.6 Å². The van der Waals surface area contributed by atoms with Gasteiger partial charge in [-0.3, -0.25) is 4.79 Å². The number of nitrogens with zero attached hydrogens (tertiary/aromatic N) is 1. The largest absolute Gasteiger partial charge is 0.574 e. The van der Waals surface area contributed by atoms with E-state index in [0.29, 0.717) is 6.07 Å². The fourth-order valence-electron chi connectivity index (χ4n) is 1.43. The second-order valence-corrected chi connectivity index (χ2v) is 3.80. The summed E-state index contributed by atoms with van der Waals surface area (Å²) in [5.41, 5.74) is -2.27. The van der Waals surface area contributed by atoms with Crippen LogP contribution < -0.4 is 9.47 Å². The van der Waals surface area contributed by atoms with Crippen LogP contribution in [0.2, 0.25) is 0 Å². The molecule has 0 radical (unpaired) electrons. The fraction of sp³-hybridized carbons (Fsp3) is 0.455. The van der Waals surface area contributed by atoms with Gasteiger partial charge in [0.1, 0.15) is 5.75 Å². The van der Waals surface area contributed by atoms with Gasteiger partial charge in [0.15, 0.2) is 5.69 Å². The Morgan fingerprint density at radius 1 is 1.18 bits per heavy atom. The summed E-state index contributed by atoms with van der Waals surface area (Å²) in [6.45, 7) is 0. The molecule has 0 amide bonds. The highest BCUT2D eigenvalue weighted by atomic mass is 19.4. The number of pyridine rings is 1. The van der Waals surface area contributed by atoms with Crippen LogP contribution in [-0.4, -0.2) is 31.5 Å². The summed E-state index contributed by atoms with van der Waals surface area (Å²) in [6, 6.07) is 0.591. The lowest BCUT2D eigenvalue weighted by atomic mass is 10.1. The zero-order valence-corrected chi connectivity index (χ0v) is 11.1. The molecule has 5 nitrogen and oxygen atoms in total. The Balaban J connectivity index is 3.43. The molecule has 124 valence electrons. The van der Waals surface area contributed by atoms with Gasteiger partial charge in [-0.25, -0.2) is 4.98 Å². The van der Waals surface area contributed by atoms with Gasteiger partial charge in [-0.1, -0.05) is 0 Å². The maximum atomic E-state index is 12.7. The van der Waals surface area contributed by atoms with Crippen LogP contribution in [0.25, 0.3) is 0 Å². The number of hydrogen-bond donors (Lipinski definition) is 0. The SMILES string of the molecule is COC(=O)Cc1cc(OC)c(C(F)(F)F)nc1OC(F)(F)F. The lowest BCUT2D eigenvalue weighted by Crippen LogP contribution is -2.22. The van der Waals surface area contributed by atoms with Crippen molar-refractivity contribution in [1.82, 2.24) is 4.98 Å². The predicted molar refractivity (Wildman–Crippen MR) is 58.2 cm³/mol. The van der Waals surface area contributed by atoms with Crippen molar-refractivity contribution in [2.45, 2.75) is 19.0 Å². The van der Waals surface area contributed by atoms with Gasteiger partial charge in [-0.15, -0.1) is 13.2 Å². The number of alkyl halides is 6. The number of esters is 1. The van der Waals surface area contributed by atoms with Crippen molar-refractivity contribution in [1.29, 1.82) is 0 Å². The first-order valence-electron chi connectivity index (χ1n) is 5.45. The predicted octanol–water partition coefficient (Wildman–Crippen LogP) is 2.72. The molecular weight excluding hydrogens is 324 g/mol. The summed E-state index contributed by atoms with van der Waals surface area (Å²) in [6.07, 6.45) is -11.1. The normalized spacial score (nSPS) is 12.0. The minimum atomic E-state index is -5.28. The Kier molecular flexibility index (Phi) is 5.09. The fourth-order valence-corrected chi connectivity index (χ4v) is 1.43. The van der Waals surface area contributed by atoms with Crippen molar-refractivity contribution in [2.75, 3.05) is 14.2 Å². The monoisotopic (exact) mass is 333 g/mol. The van der Waals surface area contributed by atoms with E-state index in [-0.39, 0.29) is 0 Å². The number of methoxy groups -OCH3 is 2. The van der Waals surface area contributed by atoms with E-state index >= 15 is 0 Å². The summed E-state index contributed by atoms with van der Waals surface area (Å²) >= 11 is 0. The summed E-state index contributed by atoms with van der Waals surface area (Å²) in [7, 11) is 1.83. The lowest BCUT2D eigenvalue weighted by molar-refractivity contribution is -0.276. The molecule has 1 aromatic rings. The van der Waals surface area contributed by atoms with Crippen molar-refractivity contribution in [2.24, 2.45) is 0 Å². The van der Waals surface area contributed by atoms with E-state index < -0.39 is 47.8 Å². The molecule has 0 aliphatic rings. The van der Waals surface area contributed by atoms with E-state index in [4.69, 9.17) is 0 Å². The topological polar surface area (TPSA) is 57.7 Å². The maximum Gasteiger partial charge on any atom is 0.574 e. The van der Waals surface area contributed by atoms with Crippen LogP contribution in [0.4, 0.5) is 26.3 Å². The zero-order valence-electron chi connectivity index (χ0n) is 11.1. The average Bonchev–Trinajstić information content (AvgIpc) is 2.37. The van der Waals surface area contributed by atoms with Crippen LogP contribution in [0, 0.1) is 0 Å². The average molecular weight is 333 g/mol. The van der Waals surface area contributed by atoms with Crippen LogP contribution in [0.3, 0.4) is 0 Å². The van der Waals surface area contributed by atoms with Crippen LogP contribution in [-0.2, 0) is 22.1 Å². The van der Waals surface area contributed by atoms with E-state index in [0.717, 1.165) is 14.2 Å². The first-order chi connectivity index (χ1) is 9.97. The number of ether oxygens (including phenoxy) is 3. The van der Waals surface area contributed by atoms with Gasteiger partial charge < -0.3 is 14.2 Å². The minimum Gasteiger partial charge on any atom is -0.494 e. The summed E-state index contributed by atoms with van der Waals surface area (Å²) in [5, 5.41) is 0. The van der Waals surface area contributed by atoms with Crippen molar-refractivity contribution in [3.63, 3.8) is 0 Å². The number of carbonyl (C=O) groups excluding carboxylic acids is 1. The molecule has 0 unspecified atom stereocenters. The highest BCUT2D eigenvalue weighted by molar-refractivity contribution is 5.73. The van der Waals surface area contributed by atoms with Gasteiger partial charge in [0.2, 0.25) is 5.88 Å². The van der Waals surface area contributed by atoms with Gasteiger partial charge in [0, 0.05) is 5.56 Å². The molecule has 1 aromatic heterocycles. The molecule has 0 spiro atoms. The molecule has 11 heteroatoms. The van der Waals surface area contributed by atoms with E-state index in [1.165, 1.54) is 0 Å². The van der Waals surface area contributed by atoms with Gasteiger partial charge in [-0.2, -0.15) is 13.2 Å². The standard InChI is InChI=1S/C11H9F6NO4/c1-20-6-3-5(4-7(19)21-2)9(22-11(15,16)17)18-8(6)10(12,13)14/h3H,4H2,1-2H3. The van der Waals surface area contributed by atoms with E-state index in [1.54, 1.807) is 0 Å². The third kappa shape index (κ3) is 4.67. The van der Waals surface area contributed by atoms with Gasteiger partial charge in [0.25, 0.3) is 0 Å². The first kappa shape index (κ1) is 17.9. The molecule has 1 heterocycles. The Bertz CT molecular complexity index is 555. The third-order valence-corrected chi connectivity index (χ3v) is 2.29. The first-order valence-corrected chi connectivity index (χ1v) is 5.45. The van der Waals surface area contributed by atoms with Gasteiger partial charge >= 0.3 is 18.5 Å². The second-order valence-electron chi connectivity index (χ2n) is 3.80. The minimum absolute atomic E-state index is 0.561. The maximum absolute atomic E-state index is 12.7. The Hall–Kier alpha value is -2.20. The zero-order chi connectivity index (χ0) is 17.1. The molecule has 0 saturated carbocycles. The summed E-state index contributed by atoms with van der Waals surface area (Å²) in [4.78, 5) is 13.9. The lowest BCUT2D eigenvalue weighted by Gasteiger charge is -2.17.